The molecule has 1 heterocycles. The Hall–Kier alpha value is -1.66. The number of benzene rings is 2. The van der Waals surface area contributed by atoms with Gasteiger partial charge in [-0.05, 0) is 52.9 Å². The molecule has 0 radical (unpaired) electrons. The minimum atomic E-state index is -4.05. The van der Waals surface area contributed by atoms with Gasteiger partial charge in [-0.15, -0.1) is 0 Å². The maximum atomic E-state index is 13.9. The maximum Gasteiger partial charge on any atom is 0.264 e. The highest BCUT2D eigenvalue weighted by molar-refractivity contribution is 14.1. The first kappa shape index (κ1) is 18.1. The summed E-state index contributed by atoms with van der Waals surface area (Å²) in [6, 6.07) is 8.22. The second-order valence-corrected chi connectivity index (χ2v) is 10.3. The highest BCUT2D eigenvalue weighted by Crippen LogP contribution is 2.28. The third kappa shape index (κ3) is 3.65. The first-order valence-corrected chi connectivity index (χ1v) is 11.3. The van der Waals surface area contributed by atoms with E-state index in [0.29, 0.717) is 14.5 Å². The molecule has 0 atom stereocenters. The summed E-state index contributed by atoms with van der Waals surface area (Å²) >= 11 is 1.92. The molecule has 3 aromatic rings. The Bertz CT molecular complexity index is 1190. The van der Waals surface area contributed by atoms with Crippen molar-refractivity contribution >= 4 is 59.0 Å². The van der Waals surface area contributed by atoms with E-state index >= 15 is 0 Å². The Labute approximate surface area is 157 Å². The number of anilines is 1. The number of halogens is 2. The average molecular weight is 494 g/mol. The predicted molar refractivity (Wildman–Crippen MR) is 101 cm³/mol. The van der Waals surface area contributed by atoms with Crippen LogP contribution < -0.4 is 4.72 Å². The Kier molecular flexibility index (Phi) is 4.54. The molecule has 10 heteroatoms. The fraction of sp³-hybridized carbons (Fsp3) is 0.0667. The van der Waals surface area contributed by atoms with Crippen LogP contribution in [0.1, 0.15) is 0 Å². The molecule has 1 aromatic heterocycles. The summed E-state index contributed by atoms with van der Waals surface area (Å²) in [7, 11) is -7.47. The van der Waals surface area contributed by atoms with Gasteiger partial charge < -0.3 is 4.98 Å². The van der Waals surface area contributed by atoms with E-state index in [0.717, 1.165) is 6.26 Å². The van der Waals surface area contributed by atoms with Crippen molar-refractivity contribution in [2.45, 2.75) is 9.79 Å². The molecule has 0 aliphatic heterocycles. The summed E-state index contributed by atoms with van der Waals surface area (Å²) in [4.78, 5) is 2.71. The van der Waals surface area contributed by atoms with Gasteiger partial charge in [0.25, 0.3) is 10.0 Å². The van der Waals surface area contributed by atoms with Crippen LogP contribution in [0.2, 0.25) is 0 Å². The van der Waals surface area contributed by atoms with Crippen molar-refractivity contribution in [3.05, 3.63) is 52.0 Å². The monoisotopic (exact) mass is 494 g/mol. The van der Waals surface area contributed by atoms with Gasteiger partial charge >= 0.3 is 0 Å². The van der Waals surface area contributed by atoms with Crippen LogP contribution in [0.5, 0.6) is 0 Å². The van der Waals surface area contributed by atoms with Gasteiger partial charge in [-0.3, -0.25) is 4.72 Å². The molecule has 3 rings (SSSR count). The molecule has 0 amide bonds. The van der Waals surface area contributed by atoms with E-state index in [1.807, 2.05) is 22.6 Å². The van der Waals surface area contributed by atoms with Crippen molar-refractivity contribution in [2.24, 2.45) is 0 Å². The van der Waals surface area contributed by atoms with Crippen molar-refractivity contribution in [1.82, 2.24) is 4.98 Å². The second-order valence-electron chi connectivity index (χ2n) is 5.36. The molecule has 2 aromatic carbocycles. The molecule has 0 fully saturated rings. The van der Waals surface area contributed by atoms with E-state index in [-0.39, 0.29) is 15.5 Å². The Balaban J connectivity index is 2.05. The van der Waals surface area contributed by atoms with E-state index in [1.54, 1.807) is 6.07 Å². The van der Waals surface area contributed by atoms with Crippen LogP contribution in [0.15, 0.2) is 52.4 Å². The van der Waals surface area contributed by atoms with Crippen molar-refractivity contribution in [3.63, 3.8) is 0 Å². The van der Waals surface area contributed by atoms with Crippen molar-refractivity contribution in [2.75, 3.05) is 11.0 Å². The third-order valence-corrected chi connectivity index (χ3v) is 6.70. The largest absolute Gasteiger partial charge is 0.360 e. The number of hydrogen-bond acceptors (Lipinski definition) is 4. The van der Waals surface area contributed by atoms with Gasteiger partial charge in [0.2, 0.25) is 0 Å². The zero-order valence-corrected chi connectivity index (χ0v) is 16.5. The number of sulfone groups is 1. The summed E-state index contributed by atoms with van der Waals surface area (Å²) in [5.41, 5.74) is 0.189. The SMILES string of the molecule is CS(=O)(=O)c1ccc2c(S(=O)(=O)Nc3ccc(I)cc3F)c[nH]c2c1. The van der Waals surface area contributed by atoms with Crippen molar-refractivity contribution in [1.29, 1.82) is 0 Å². The molecular weight excluding hydrogens is 482 g/mol. The average Bonchev–Trinajstić information content (AvgIpc) is 2.93. The lowest BCUT2D eigenvalue weighted by molar-refractivity contribution is 0.599. The molecule has 0 unspecified atom stereocenters. The lowest BCUT2D eigenvalue weighted by Gasteiger charge is -2.08. The standard InChI is InChI=1S/C15H12FIN2O4S2/c1-24(20,21)10-3-4-11-14(7-10)18-8-15(11)25(22,23)19-13-5-2-9(17)6-12(13)16/h2-8,18-19H,1H3. The van der Waals surface area contributed by atoms with Crippen LogP contribution in [0.25, 0.3) is 10.9 Å². The number of rotatable bonds is 4. The number of fused-ring (bicyclic) bond motifs is 1. The molecule has 0 bridgehead atoms. The lowest BCUT2D eigenvalue weighted by atomic mass is 10.2. The van der Waals surface area contributed by atoms with Gasteiger partial charge in [0.15, 0.2) is 9.84 Å². The molecule has 6 nitrogen and oxygen atoms in total. The fourth-order valence-corrected chi connectivity index (χ4v) is 4.65. The van der Waals surface area contributed by atoms with Gasteiger partial charge in [-0.2, -0.15) is 0 Å². The molecule has 132 valence electrons. The number of sulfonamides is 1. The van der Waals surface area contributed by atoms with E-state index in [2.05, 4.69) is 9.71 Å². The van der Waals surface area contributed by atoms with E-state index in [4.69, 9.17) is 0 Å². The van der Waals surface area contributed by atoms with Crippen LogP contribution in [0, 0.1) is 9.39 Å². The third-order valence-electron chi connectivity index (χ3n) is 3.51. The van der Waals surface area contributed by atoms with Crippen LogP contribution in [0.4, 0.5) is 10.1 Å². The van der Waals surface area contributed by atoms with Crippen LogP contribution in [-0.2, 0) is 19.9 Å². The van der Waals surface area contributed by atoms with Gasteiger partial charge in [0.1, 0.15) is 10.7 Å². The fourth-order valence-electron chi connectivity index (χ4n) is 2.30. The summed E-state index contributed by atoms with van der Waals surface area (Å²) in [6.07, 6.45) is 2.31. The van der Waals surface area contributed by atoms with E-state index in [9.17, 15) is 21.2 Å². The predicted octanol–water partition coefficient (Wildman–Crippen LogP) is 3.12. The summed E-state index contributed by atoms with van der Waals surface area (Å²) < 4.78 is 65.1. The van der Waals surface area contributed by atoms with Gasteiger partial charge in [-0.25, -0.2) is 21.2 Å². The van der Waals surface area contributed by atoms with Gasteiger partial charge in [0.05, 0.1) is 10.6 Å². The minimum Gasteiger partial charge on any atom is -0.360 e. The normalized spacial score (nSPS) is 12.4. The Morgan fingerprint density at radius 3 is 2.44 bits per heavy atom. The number of hydrogen-bond donors (Lipinski definition) is 2. The number of nitrogens with one attached hydrogen (secondary N) is 2. The van der Waals surface area contributed by atoms with Crippen molar-refractivity contribution in [3.8, 4) is 0 Å². The molecule has 0 spiro atoms. The Morgan fingerprint density at radius 2 is 1.80 bits per heavy atom. The van der Waals surface area contributed by atoms with E-state index in [1.165, 1.54) is 36.5 Å². The van der Waals surface area contributed by atoms with Crippen molar-refractivity contribution < 1.29 is 21.2 Å². The molecule has 2 N–H and O–H groups in total. The smallest absolute Gasteiger partial charge is 0.264 e. The maximum absolute atomic E-state index is 13.9. The number of aromatic amines is 1. The zero-order chi connectivity index (χ0) is 18.4. The first-order chi connectivity index (χ1) is 11.6. The van der Waals surface area contributed by atoms with Gasteiger partial charge in [0, 0.05) is 26.9 Å². The summed E-state index contributed by atoms with van der Waals surface area (Å²) in [5.74, 6) is -0.685. The summed E-state index contributed by atoms with van der Waals surface area (Å²) in [6.45, 7) is 0. The highest BCUT2D eigenvalue weighted by Gasteiger charge is 2.21. The Morgan fingerprint density at radius 1 is 1.08 bits per heavy atom. The molecule has 0 saturated heterocycles. The minimum absolute atomic E-state index is 0.0717. The second kappa shape index (κ2) is 6.25. The molecule has 25 heavy (non-hydrogen) atoms. The van der Waals surface area contributed by atoms with Crippen LogP contribution >= 0.6 is 22.6 Å². The lowest BCUT2D eigenvalue weighted by Crippen LogP contribution is -2.13. The molecule has 0 saturated carbocycles. The topological polar surface area (TPSA) is 96.1 Å². The summed E-state index contributed by atoms with van der Waals surface area (Å²) in [5, 5.41) is 0.311. The van der Waals surface area contributed by atoms with Crippen LogP contribution in [0.3, 0.4) is 0 Å². The quantitative estimate of drug-likeness (QED) is 0.545. The zero-order valence-electron chi connectivity index (χ0n) is 12.7. The molecular formula is C15H12FIN2O4S2. The highest BCUT2D eigenvalue weighted by atomic mass is 127. The van der Waals surface area contributed by atoms with E-state index < -0.39 is 25.7 Å². The van der Waals surface area contributed by atoms with Crippen LogP contribution in [-0.4, -0.2) is 28.1 Å². The van der Waals surface area contributed by atoms with Gasteiger partial charge in [-0.1, -0.05) is 6.07 Å². The molecule has 0 aliphatic rings. The number of H-pyrrole nitrogens is 1. The number of aromatic nitrogens is 1. The first-order valence-electron chi connectivity index (χ1n) is 6.87. The molecule has 0 aliphatic carbocycles.